The third kappa shape index (κ3) is 4.04. The van der Waals surface area contributed by atoms with Gasteiger partial charge in [0, 0.05) is 56.8 Å². The first-order valence-electron chi connectivity index (χ1n) is 8.72. The molecular formula is C17H28N4OS. The summed E-state index contributed by atoms with van der Waals surface area (Å²) in [5.74, 6) is 1.31. The van der Waals surface area contributed by atoms with Crippen molar-refractivity contribution in [2.45, 2.75) is 45.2 Å². The summed E-state index contributed by atoms with van der Waals surface area (Å²) < 4.78 is 0. The molecule has 0 aromatic carbocycles. The van der Waals surface area contributed by atoms with Gasteiger partial charge >= 0.3 is 0 Å². The molecule has 1 aromatic rings. The first-order chi connectivity index (χ1) is 11.1. The van der Waals surface area contributed by atoms with Crippen LogP contribution in [0.15, 0.2) is 6.20 Å². The maximum absolute atomic E-state index is 12.3. The summed E-state index contributed by atoms with van der Waals surface area (Å²) >= 11 is 1.74. The number of hydrogen-bond acceptors (Lipinski definition) is 5. The number of amides is 1. The molecule has 23 heavy (non-hydrogen) atoms. The molecule has 0 radical (unpaired) electrons. The molecule has 2 heterocycles. The molecule has 1 aliphatic heterocycles. The molecule has 128 valence electrons. The van der Waals surface area contributed by atoms with Crippen LogP contribution < -0.4 is 10.2 Å². The molecule has 2 atom stereocenters. The van der Waals surface area contributed by atoms with Crippen LogP contribution in [-0.2, 0) is 11.3 Å². The molecule has 6 heteroatoms. The lowest BCUT2D eigenvalue weighted by Crippen LogP contribution is -2.51. The van der Waals surface area contributed by atoms with Crippen molar-refractivity contribution in [3.05, 3.63) is 11.1 Å². The van der Waals surface area contributed by atoms with Crippen molar-refractivity contribution in [2.24, 2.45) is 11.8 Å². The van der Waals surface area contributed by atoms with Crippen LogP contribution in [0.2, 0.25) is 0 Å². The number of nitrogens with one attached hydrogen (secondary N) is 1. The quantitative estimate of drug-likeness (QED) is 0.866. The number of aromatic nitrogens is 1. The predicted octanol–water partition coefficient (Wildman–Crippen LogP) is 2.34. The van der Waals surface area contributed by atoms with E-state index in [-0.39, 0.29) is 0 Å². The van der Waals surface area contributed by atoms with Crippen LogP contribution in [0, 0.1) is 11.8 Å². The first kappa shape index (κ1) is 16.7. The van der Waals surface area contributed by atoms with Gasteiger partial charge in [0.15, 0.2) is 5.13 Å². The van der Waals surface area contributed by atoms with Gasteiger partial charge in [-0.3, -0.25) is 4.79 Å². The third-order valence-corrected chi connectivity index (χ3v) is 6.12. The smallest absolute Gasteiger partial charge is 0.225 e. The normalized spacial score (nSPS) is 24.7. The Bertz CT molecular complexity index is 540. The standard InChI is InChI=1S/C17H28N4OS/c1-4-12-11-21(16(22)13-5-6-13)8-7-15(12)18-9-14-10-19-17(23-14)20(2)3/h10,12-13,15,18H,4-9,11H2,1-3H3/t12-,15-/m1/s1. The number of carbonyl (C=O) groups is 1. The maximum atomic E-state index is 12.3. The zero-order valence-electron chi connectivity index (χ0n) is 14.4. The van der Waals surface area contributed by atoms with Gasteiger partial charge in [0.05, 0.1) is 0 Å². The maximum Gasteiger partial charge on any atom is 0.225 e. The van der Waals surface area contributed by atoms with Crippen molar-refractivity contribution in [3.63, 3.8) is 0 Å². The van der Waals surface area contributed by atoms with Crippen molar-refractivity contribution in [3.8, 4) is 0 Å². The molecule has 1 amide bonds. The molecule has 1 saturated carbocycles. The highest BCUT2D eigenvalue weighted by Gasteiger charge is 2.37. The SMILES string of the molecule is CC[C@@H]1CN(C(=O)C2CC2)CC[C@H]1NCc1cnc(N(C)C)s1. The molecule has 5 nitrogen and oxygen atoms in total. The average Bonchev–Trinajstić information content (AvgIpc) is 3.29. The number of hydrogen-bond donors (Lipinski definition) is 1. The number of anilines is 1. The van der Waals surface area contributed by atoms with Crippen LogP contribution in [-0.4, -0.2) is 49.0 Å². The van der Waals surface area contributed by atoms with E-state index in [1.807, 2.05) is 25.2 Å². The Labute approximate surface area is 143 Å². The Balaban J connectivity index is 1.52. The summed E-state index contributed by atoms with van der Waals surface area (Å²) in [4.78, 5) is 22.1. The van der Waals surface area contributed by atoms with Crippen LogP contribution in [0.25, 0.3) is 0 Å². The van der Waals surface area contributed by atoms with Gasteiger partial charge in [0.25, 0.3) is 0 Å². The van der Waals surface area contributed by atoms with E-state index in [4.69, 9.17) is 0 Å². The van der Waals surface area contributed by atoms with E-state index in [1.165, 1.54) is 4.88 Å². The Morgan fingerprint density at radius 1 is 1.43 bits per heavy atom. The van der Waals surface area contributed by atoms with Crippen molar-refractivity contribution in [1.29, 1.82) is 0 Å². The molecule has 1 N–H and O–H groups in total. The molecular weight excluding hydrogens is 308 g/mol. The topological polar surface area (TPSA) is 48.5 Å². The lowest BCUT2D eigenvalue weighted by molar-refractivity contribution is -0.134. The van der Waals surface area contributed by atoms with E-state index in [0.717, 1.165) is 50.4 Å². The summed E-state index contributed by atoms with van der Waals surface area (Å²) in [5, 5.41) is 4.76. The van der Waals surface area contributed by atoms with Crippen LogP contribution in [0.1, 0.15) is 37.5 Å². The molecule has 2 fully saturated rings. The van der Waals surface area contributed by atoms with Gasteiger partial charge in [0.2, 0.25) is 5.91 Å². The van der Waals surface area contributed by atoms with Crippen molar-refractivity contribution in [1.82, 2.24) is 15.2 Å². The van der Waals surface area contributed by atoms with Crippen molar-refractivity contribution >= 4 is 22.4 Å². The lowest BCUT2D eigenvalue weighted by atomic mass is 9.89. The van der Waals surface area contributed by atoms with E-state index < -0.39 is 0 Å². The summed E-state index contributed by atoms with van der Waals surface area (Å²) in [7, 11) is 4.05. The molecule has 1 aromatic heterocycles. The average molecular weight is 337 g/mol. The Hall–Kier alpha value is -1.14. The zero-order chi connectivity index (χ0) is 16.4. The number of carbonyl (C=O) groups excluding carboxylic acids is 1. The Kier molecular flexibility index (Phi) is 5.21. The molecule has 1 saturated heterocycles. The first-order valence-corrected chi connectivity index (χ1v) is 9.54. The van der Waals surface area contributed by atoms with Crippen LogP contribution >= 0.6 is 11.3 Å². The highest BCUT2D eigenvalue weighted by molar-refractivity contribution is 7.15. The number of nitrogens with zero attached hydrogens (tertiary/aromatic N) is 3. The van der Waals surface area contributed by atoms with Crippen LogP contribution in [0.4, 0.5) is 5.13 Å². The minimum absolute atomic E-state index is 0.346. The molecule has 2 aliphatic rings. The predicted molar refractivity (Wildman–Crippen MR) is 94.8 cm³/mol. The van der Waals surface area contributed by atoms with Crippen LogP contribution in [0.3, 0.4) is 0 Å². The molecule has 3 rings (SSSR count). The van der Waals surface area contributed by atoms with E-state index in [1.54, 1.807) is 11.3 Å². The van der Waals surface area contributed by atoms with Gasteiger partial charge in [-0.05, 0) is 25.2 Å². The second kappa shape index (κ2) is 7.18. The highest BCUT2D eigenvalue weighted by Crippen LogP contribution is 2.33. The Morgan fingerprint density at radius 3 is 2.83 bits per heavy atom. The van der Waals surface area contributed by atoms with Gasteiger partial charge in [-0.2, -0.15) is 0 Å². The molecule has 0 unspecified atom stereocenters. The zero-order valence-corrected chi connectivity index (χ0v) is 15.2. The van der Waals surface area contributed by atoms with E-state index in [2.05, 4.69) is 22.1 Å². The lowest BCUT2D eigenvalue weighted by Gasteiger charge is -2.39. The van der Waals surface area contributed by atoms with E-state index in [9.17, 15) is 4.79 Å². The third-order valence-electron chi connectivity index (χ3n) is 4.96. The van der Waals surface area contributed by atoms with Gasteiger partial charge < -0.3 is 15.1 Å². The van der Waals surface area contributed by atoms with Gasteiger partial charge in [-0.15, -0.1) is 11.3 Å². The number of piperidine rings is 1. The minimum atomic E-state index is 0.346. The summed E-state index contributed by atoms with van der Waals surface area (Å²) in [6.07, 6.45) is 6.37. The summed E-state index contributed by atoms with van der Waals surface area (Å²) in [6, 6.07) is 0.508. The van der Waals surface area contributed by atoms with Crippen LogP contribution in [0.5, 0.6) is 0 Å². The largest absolute Gasteiger partial charge is 0.354 e. The second-order valence-electron chi connectivity index (χ2n) is 7.01. The van der Waals surface area contributed by atoms with Crippen molar-refractivity contribution < 1.29 is 4.79 Å². The van der Waals surface area contributed by atoms with Gasteiger partial charge in [0.1, 0.15) is 0 Å². The van der Waals surface area contributed by atoms with E-state index in [0.29, 0.717) is 23.8 Å². The second-order valence-corrected chi connectivity index (χ2v) is 8.10. The molecule has 0 spiro atoms. The number of rotatable bonds is 6. The monoisotopic (exact) mass is 336 g/mol. The minimum Gasteiger partial charge on any atom is -0.354 e. The van der Waals surface area contributed by atoms with E-state index >= 15 is 0 Å². The fraction of sp³-hybridized carbons (Fsp3) is 0.765. The molecule has 1 aliphatic carbocycles. The number of thiazole rings is 1. The van der Waals surface area contributed by atoms with Gasteiger partial charge in [-0.25, -0.2) is 4.98 Å². The Morgan fingerprint density at radius 2 is 2.22 bits per heavy atom. The molecule has 0 bridgehead atoms. The summed E-state index contributed by atoms with van der Waals surface area (Å²) in [5.41, 5.74) is 0. The fourth-order valence-corrected chi connectivity index (χ4v) is 4.10. The van der Waals surface area contributed by atoms with Crippen molar-refractivity contribution in [2.75, 3.05) is 32.1 Å². The fourth-order valence-electron chi connectivity index (χ4n) is 3.32. The summed E-state index contributed by atoms with van der Waals surface area (Å²) in [6.45, 7) is 4.95. The van der Waals surface area contributed by atoms with Gasteiger partial charge in [-0.1, -0.05) is 13.3 Å². The number of likely N-dealkylation sites (tertiary alicyclic amines) is 1. The highest BCUT2D eigenvalue weighted by atomic mass is 32.1.